The second-order valence-electron chi connectivity index (χ2n) is 2.82. The third kappa shape index (κ3) is 5.09. The lowest BCUT2D eigenvalue weighted by molar-refractivity contribution is -0.403. The molecular formula is C6H15ClN4O5. The van der Waals surface area contributed by atoms with Gasteiger partial charge in [0.25, 0.3) is 5.72 Å². The Bertz CT molecular complexity index is 257. The molecule has 0 bridgehead atoms. The molecule has 0 radical (unpaired) electrons. The van der Waals surface area contributed by atoms with Gasteiger partial charge in [0.1, 0.15) is 0 Å². The third-order valence-corrected chi connectivity index (χ3v) is 1.65. The average molecular weight is 259 g/mol. The number of halogens is 1. The van der Waals surface area contributed by atoms with E-state index in [0.29, 0.717) is 0 Å². The van der Waals surface area contributed by atoms with E-state index in [9.17, 15) is 9.90 Å². The number of rotatable bonds is 6. The van der Waals surface area contributed by atoms with Gasteiger partial charge in [-0.3, -0.25) is 15.4 Å². The monoisotopic (exact) mass is 258 g/mol. The zero-order valence-electron chi connectivity index (χ0n) is 8.28. The lowest BCUT2D eigenvalue weighted by Crippen LogP contribution is -2.51. The van der Waals surface area contributed by atoms with Crippen LogP contribution in [0.15, 0.2) is 4.99 Å². The summed E-state index contributed by atoms with van der Waals surface area (Å²) < 4.78 is 0. The summed E-state index contributed by atoms with van der Waals surface area (Å²) in [5, 5.41) is 34.0. The molecule has 16 heavy (non-hydrogen) atoms. The number of carboxylic acids is 1. The third-order valence-electron chi connectivity index (χ3n) is 1.65. The molecule has 0 amide bonds. The van der Waals surface area contributed by atoms with Gasteiger partial charge in [0.15, 0.2) is 5.96 Å². The van der Waals surface area contributed by atoms with Crippen LogP contribution in [-0.2, 0) is 4.79 Å². The highest BCUT2D eigenvalue weighted by molar-refractivity contribution is 5.85. The summed E-state index contributed by atoms with van der Waals surface area (Å²) in [4.78, 5) is 14.0. The van der Waals surface area contributed by atoms with Crippen LogP contribution >= 0.6 is 12.4 Å². The Morgan fingerprint density at radius 1 is 1.38 bits per heavy atom. The molecule has 0 aromatic carbocycles. The molecule has 8 N–H and O–H groups in total. The van der Waals surface area contributed by atoms with Crippen LogP contribution in [0.4, 0.5) is 0 Å². The first kappa shape index (κ1) is 17.3. The van der Waals surface area contributed by atoms with Crippen molar-refractivity contribution in [2.24, 2.45) is 16.5 Å². The van der Waals surface area contributed by atoms with Gasteiger partial charge >= 0.3 is 5.97 Å². The van der Waals surface area contributed by atoms with Crippen molar-refractivity contribution in [2.45, 2.75) is 18.6 Å². The number of nitrogens with zero attached hydrogens (tertiary/aromatic N) is 2. The van der Waals surface area contributed by atoms with Crippen LogP contribution in [0.1, 0.15) is 12.8 Å². The molecule has 0 rings (SSSR count). The molecule has 96 valence electrons. The molecule has 10 heteroatoms. The minimum absolute atomic E-state index is 0. The summed E-state index contributed by atoms with van der Waals surface area (Å²) in [7, 11) is 0. The van der Waals surface area contributed by atoms with Gasteiger partial charge in [0, 0.05) is 13.0 Å². The van der Waals surface area contributed by atoms with Gasteiger partial charge < -0.3 is 21.7 Å². The molecular weight excluding hydrogens is 244 g/mol. The highest BCUT2D eigenvalue weighted by Crippen LogP contribution is 2.15. The van der Waals surface area contributed by atoms with Gasteiger partial charge in [0.05, 0.1) is 0 Å². The molecule has 0 aromatic heterocycles. The van der Waals surface area contributed by atoms with Gasteiger partial charge in [-0.1, -0.05) is 0 Å². The topological polar surface area (TPSA) is 166 Å². The second-order valence-corrected chi connectivity index (χ2v) is 2.82. The van der Waals surface area contributed by atoms with Gasteiger partial charge in [-0.2, -0.15) is 0 Å². The lowest BCUT2D eigenvalue weighted by Gasteiger charge is -2.25. The summed E-state index contributed by atoms with van der Waals surface area (Å²) in [6.45, 7) is 0.0752. The molecule has 1 atom stereocenters. The normalized spacial score (nSPS) is 13.8. The van der Waals surface area contributed by atoms with Crippen LogP contribution in [0.3, 0.4) is 0 Å². The van der Waals surface area contributed by atoms with Gasteiger partial charge in [0.2, 0.25) is 0 Å². The zero-order chi connectivity index (χ0) is 12.1. The number of hydrogen-bond donors (Lipinski definition) is 6. The maximum absolute atomic E-state index is 10.5. The summed E-state index contributed by atoms with van der Waals surface area (Å²) >= 11 is 0. The highest BCUT2D eigenvalue weighted by atomic mass is 35.5. The number of aliphatic imine (C=N–C) groups is 1. The summed E-state index contributed by atoms with van der Waals surface area (Å²) in [6, 6.07) is 0. The fraction of sp³-hybridized carbons (Fsp3) is 0.667. The van der Waals surface area contributed by atoms with Crippen LogP contribution in [0.2, 0.25) is 0 Å². The van der Waals surface area contributed by atoms with Crippen LogP contribution in [-0.4, -0.2) is 50.1 Å². The number of aliphatic carboxylic acids is 1. The zero-order valence-corrected chi connectivity index (χ0v) is 9.09. The number of aliphatic hydroxyl groups is 1. The SMILES string of the molecule is Cl.NC(N)=NCCCC(O)(C(=O)O)N(O)O. The lowest BCUT2D eigenvalue weighted by atomic mass is 10.1. The number of carboxylic acid groups (broad SMARTS) is 1. The first-order chi connectivity index (χ1) is 6.80. The van der Waals surface area contributed by atoms with Gasteiger partial charge in [-0.25, -0.2) is 4.79 Å². The molecule has 0 aliphatic carbocycles. The van der Waals surface area contributed by atoms with Crippen molar-refractivity contribution in [1.82, 2.24) is 5.23 Å². The van der Waals surface area contributed by atoms with E-state index in [1.54, 1.807) is 0 Å². The van der Waals surface area contributed by atoms with E-state index in [-0.39, 0.29) is 31.3 Å². The first-order valence-corrected chi connectivity index (χ1v) is 4.00. The van der Waals surface area contributed by atoms with E-state index in [2.05, 4.69) is 4.99 Å². The first-order valence-electron chi connectivity index (χ1n) is 4.00. The molecule has 0 spiro atoms. The van der Waals surface area contributed by atoms with E-state index in [1.807, 2.05) is 0 Å². The minimum atomic E-state index is -2.75. The fourth-order valence-electron chi connectivity index (χ4n) is 0.826. The highest BCUT2D eigenvalue weighted by Gasteiger charge is 2.41. The maximum Gasteiger partial charge on any atom is 0.356 e. The predicted molar refractivity (Wildman–Crippen MR) is 55.2 cm³/mol. The molecule has 0 aromatic rings. The Morgan fingerprint density at radius 3 is 2.19 bits per heavy atom. The van der Waals surface area contributed by atoms with Crippen LogP contribution < -0.4 is 11.5 Å². The quantitative estimate of drug-likeness (QED) is 0.108. The van der Waals surface area contributed by atoms with Crippen molar-refractivity contribution >= 4 is 24.3 Å². The fourth-order valence-corrected chi connectivity index (χ4v) is 0.826. The summed E-state index contributed by atoms with van der Waals surface area (Å²) in [6.07, 6.45) is -0.371. The number of carbonyl (C=O) groups is 1. The number of hydroxylamine groups is 2. The van der Waals surface area contributed by atoms with Crippen molar-refractivity contribution in [1.29, 1.82) is 0 Å². The molecule has 0 fully saturated rings. The number of nitrogens with two attached hydrogens (primary N) is 2. The van der Waals surface area contributed by atoms with Crippen molar-refractivity contribution in [3.8, 4) is 0 Å². The molecule has 0 aliphatic heterocycles. The standard InChI is InChI=1S/C6H14N4O5.ClH/c7-5(8)9-3-1-2-6(13,4(11)12)10(14)15;/h13-15H,1-3H2,(H,11,12)(H4,7,8,9);1H. The maximum atomic E-state index is 10.5. The Morgan fingerprint density at radius 2 is 1.88 bits per heavy atom. The molecule has 0 saturated carbocycles. The Kier molecular flexibility index (Phi) is 7.77. The molecule has 1 unspecified atom stereocenters. The van der Waals surface area contributed by atoms with Crippen molar-refractivity contribution in [3.05, 3.63) is 0 Å². The predicted octanol–water partition coefficient (Wildman–Crippen LogP) is -1.68. The van der Waals surface area contributed by atoms with Crippen LogP contribution in [0.5, 0.6) is 0 Å². The number of hydrogen-bond acceptors (Lipinski definition) is 6. The summed E-state index contributed by atoms with van der Waals surface area (Å²) in [5.41, 5.74) is 7.25. The van der Waals surface area contributed by atoms with Crippen LogP contribution in [0.25, 0.3) is 0 Å². The second kappa shape index (κ2) is 7.19. The van der Waals surface area contributed by atoms with Crippen LogP contribution in [0, 0.1) is 0 Å². The van der Waals surface area contributed by atoms with E-state index >= 15 is 0 Å². The van der Waals surface area contributed by atoms with Gasteiger partial charge in [-0.05, 0) is 11.6 Å². The largest absolute Gasteiger partial charge is 0.478 e. The van der Waals surface area contributed by atoms with E-state index < -0.39 is 23.3 Å². The smallest absolute Gasteiger partial charge is 0.356 e. The van der Waals surface area contributed by atoms with E-state index in [1.165, 1.54) is 0 Å². The molecule has 0 saturated heterocycles. The minimum Gasteiger partial charge on any atom is -0.478 e. The number of guanidine groups is 1. The average Bonchev–Trinajstić information content (AvgIpc) is 2.10. The molecule has 9 nitrogen and oxygen atoms in total. The van der Waals surface area contributed by atoms with Crippen molar-refractivity contribution in [3.63, 3.8) is 0 Å². The Hall–Kier alpha value is -1.13. The van der Waals surface area contributed by atoms with E-state index in [0.717, 1.165) is 0 Å². The van der Waals surface area contributed by atoms with E-state index in [4.69, 9.17) is 27.0 Å². The van der Waals surface area contributed by atoms with Crippen molar-refractivity contribution in [2.75, 3.05) is 6.54 Å². The molecule has 0 aliphatic rings. The van der Waals surface area contributed by atoms with Gasteiger partial charge in [-0.15, -0.1) is 12.4 Å². The Balaban J connectivity index is 0. The summed E-state index contributed by atoms with van der Waals surface area (Å²) in [5.74, 6) is -1.95. The Labute approximate surface area is 97.3 Å². The molecule has 0 heterocycles. The van der Waals surface area contributed by atoms with Crippen molar-refractivity contribution < 1.29 is 25.4 Å².